The molecule has 0 aliphatic carbocycles. The highest BCUT2D eigenvalue weighted by Gasteiger charge is 2.06. The number of aliphatic hydroxyl groups is 1. The summed E-state index contributed by atoms with van der Waals surface area (Å²) in [5.74, 6) is 0.421. The molecule has 0 unspecified atom stereocenters. The molecular formula is C17H20FNO2. The molecule has 0 radical (unpaired) electrons. The first-order valence-corrected chi connectivity index (χ1v) is 7.09. The highest BCUT2D eigenvalue weighted by atomic mass is 19.1. The van der Waals surface area contributed by atoms with E-state index in [0.29, 0.717) is 18.7 Å². The number of hydrogen-bond acceptors (Lipinski definition) is 3. The summed E-state index contributed by atoms with van der Waals surface area (Å²) in [5, 5.41) is 12.0. The van der Waals surface area contributed by atoms with Crippen molar-refractivity contribution in [1.29, 1.82) is 0 Å². The first kappa shape index (κ1) is 15.5. The van der Waals surface area contributed by atoms with E-state index in [0.717, 1.165) is 17.7 Å². The van der Waals surface area contributed by atoms with Gasteiger partial charge in [0.2, 0.25) is 0 Å². The molecule has 0 aromatic heterocycles. The highest BCUT2D eigenvalue weighted by molar-refractivity contribution is 5.35. The number of benzene rings is 2. The van der Waals surface area contributed by atoms with E-state index in [9.17, 15) is 4.39 Å². The third-order valence-corrected chi connectivity index (χ3v) is 3.13. The van der Waals surface area contributed by atoms with Gasteiger partial charge in [0.1, 0.15) is 5.75 Å². The quantitative estimate of drug-likeness (QED) is 0.822. The van der Waals surface area contributed by atoms with Gasteiger partial charge in [-0.3, -0.25) is 0 Å². The molecular weight excluding hydrogens is 269 g/mol. The van der Waals surface area contributed by atoms with Gasteiger partial charge in [0, 0.05) is 13.2 Å². The lowest BCUT2D eigenvalue weighted by Crippen LogP contribution is -2.11. The maximum Gasteiger partial charge on any atom is 0.166 e. The molecule has 21 heavy (non-hydrogen) atoms. The Morgan fingerprint density at radius 2 is 1.81 bits per heavy atom. The number of halogens is 1. The van der Waals surface area contributed by atoms with Crippen molar-refractivity contribution in [3.8, 4) is 11.5 Å². The zero-order valence-corrected chi connectivity index (χ0v) is 12.1. The molecule has 0 fully saturated rings. The second kappa shape index (κ2) is 7.76. The van der Waals surface area contributed by atoms with Crippen LogP contribution in [0.3, 0.4) is 0 Å². The van der Waals surface area contributed by atoms with Crippen LogP contribution in [0, 0.1) is 5.82 Å². The van der Waals surface area contributed by atoms with Gasteiger partial charge in [-0.2, -0.15) is 0 Å². The Kier molecular flexibility index (Phi) is 5.72. The molecule has 0 saturated carbocycles. The lowest BCUT2D eigenvalue weighted by atomic mass is 10.1. The van der Waals surface area contributed by atoms with E-state index < -0.39 is 0 Å². The van der Waals surface area contributed by atoms with Gasteiger partial charge in [-0.1, -0.05) is 25.1 Å². The van der Waals surface area contributed by atoms with E-state index in [2.05, 4.69) is 5.32 Å². The maximum absolute atomic E-state index is 14.0. The summed E-state index contributed by atoms with van der Waals surface area (Å²) in [7, 11) is 0. The van der Waals surface area contributed by atoms with Gasteiger partial charge in [-0.05, 0) is 48.4 Å². The Balaban J connectivity index is 2.05. The molecule has 0 spiro atoms. The number of ether oxygens (including phenoxy) is 1. The molecule has 0 bridgehead atoms. The number of nitrogens with one attached hydrogen (secondary N) is 1. The highest BCUT2D eigenvalue weighted by Crippen LogP contribution is 2.25. The molecule has 0 atom stereocenters. The van der Waals surface area contributed by atoms with Crippen LogP contribution in [-0.2, 0) is 13.0 Å². The van der Waals surface area contributed by atoms with Gasteiger partial charge in [0.05, 0.1) is 0 Å². The maximum atomic E-state index is 14.0. The molecule has 0 aliphatic rings. The normalized spacial score (nSPS) is 10.6. The second-order valence-corrected chi connectivity index (χ2v) is 4.76. The van der Waals surface area contributed by atoms with Crippen LogP contribution in [0.2, 0.25) is 0 Å². The van der Waals surface area contributed by atoms with E-state index in [1.807, 2.05) is 25.1 Å². The number of aliphatic hydroxyl groups excluding tert-OH is 1. The Bertz CT molecular complexity index is 570. The first-order valence-electron chi connectivity index (χ1n) is 7.09. The molecule has 0 saturated heterocycles. The fraction of sp³-hybridized carbons (Fsp3) is 0.294. The first-order chi connectivity index (χ1) is 10.2. The minimum Gasteiger partial charge on any atom is -0.454 e. The Labute approximate surface area is 124 Å². The molecule has 2 rings (SSSR count). The average Bonchev–Trinajstić information content (AvgIpc) is 2.50. The summed E-state index contributed by atoms with van der Waals surface area (Å²) < 4.78 is 19.5. The monoisotopic (exact) mass is 289 g/mol. The van der Waals surface area contributed by atoms with Crippen molar-refractivity contribution in [3.05, 3.63) is 59.4 Å². The van der Waals surface area contributed by atoms with Crippen LogP contribution >= 0.6 is 0 Å². The van der Waals surface area contributed by atoms with Crippen LogP contribution in [0.25, 0.3) is 0 Å². The fourth-order valence-electron chi connectivity index (χ4n) is 1.99. The van der Waals surface area contributed by atoms with Gasteiger partial charge in [-0.25, -0.2) is 4.39 Å². The van der Waals surface area contributed by atoms with Crippen molar-refractivity contribution < 1.29 is 14.2 Å². The van der Waals surface area contributed by atoms with Crippen molar-refractivity contribution in [2.24, 2.45) is 0 Å². The van der Waals surface area contributed by atoms with Crippen molar-refractivity contribution in [2.75, 3.05) is 13.2 Å². The predicted octanol–water partition coefficient (Wildman–Crippen LogP) is 3.26. The van der Waals surface area contributed by atoms with Crippen molar-refractivity contribution in [2.45, 2.75) is 19.9 Å². The largest absolute Gasteiger partial charge is 0.454 e. The van der Waals surface area contributed by atoms with E-state index in [-0.39, 0.29) is 18.2 Å². The average molecular weight is 289 g/mol. The topological polar surface area (TPSA) is 41.5 Å². The molecule has 0 heterocycles. The molecule has 2 aromatic rings. The molecule has 2 N–H and O–H groups in total. The number of hydrogen-bond donors (Lipinski definition) is 2. The van der Waals surface area contributed by atoms with Crippen molar-refractivity contribution in [3.63, 3.8) is 0 Å². The molecule has 0 amide bonds. The molecule has 3 nitrogen and oxygen atoms in total. The standard InChI is InChI=1S/C17H20FNO2/c1-2-19-12-14-5-8-17(16(18)11-14)21-15-6-3-13(4-7-15)9-10-20/h3-8,11,19-20H,2,9-10,12H2,1H3. The predicted molar refractivity (Wildman–Crippen MR) is 81.1 cm³/mol. The minimum atomic E-state index is -0.371. The van der Waals surface area contributed by atoms with E-state index >= 15 is 0 Å². The third kappa shape index (κ3) is 4.55. The van der Waals surface area contributed by atoms with E-state index in [1.54, 1.807) is 18.2 Å². The summed E-state index contributed by atoms with van der Waals surface area (Å²) in [5.41, 5.74) is 1.91. The van der Waals surface area contributed by atoms with Crippen LogP contribution in [0.4, 0.5) is 4.39 Å². The smallest absolute Gasteiger partial charge is 0.166 e. The summed E-state index contributed by atoms with van der Waals surface area (Å²) in [4.78, 5) is 0. The van der Waals surface area contributed by atoms with Gasteiger partial charge in [0.15, 0.2) is 11.6 Å². The molecule has 0 aliphatic heterocycles. The zero-order chi connectivity index (χ0) is 15.1. The lowest BCUT2D eigenvalue weighted by molar-refractivity contribution is 0.299. The van der Waals surface area contributed by atoms with E-state index in [4.69, 9.17) is 9.84 Å². The van der Waals surface area contributed by atoms with Gasteiger partial charge in [0.25, 0.3) is 0 Å². The second-order valence-electron chi connectivity index (χ2n) is 4.76. The van der Waals surface area contributed by atoms with Gasteiger partial charge < -0.3 is 15.2 Å². The van der Waals surface area contributed by atoms with Gasteiger partial charge in [-0.15, -0.1) is 0 Å². The lowest BCUT2D eigenvalue weighted by Gasteiger charge is -2.09. The van der Waals surface area contributed by atoms with Crippen LogP contribution in [0.5, 0.6) is 11.5 Å². The summed E-state index contributed by atoms with van der Waals surface area (Å²) >= 11 is 0. The summed E-state index contributed by atoms with van der Waals surface area (Å²) in [6.07, 6.45) is 0.605. The zero-order valence-electron chi connectivity index (χ0n) is 12.1. The Morgan fingerprint density at radius 3 is 2.43 bits per heavy atom. The Morgan fingerprint density at radius 1 is 1.10 bits per heavy atom. The number of rotatable bonds is 7. The molecule has 112 valence electrons. The van der Waals surface area contributed by atoms with Crippen LogP contribution in [0.15, 0.2) is 42.5 Å². The molecule has 4 heteroatoms. The summed E-state index contributed by atoms with van der Waals surface area (Å²) in [6.45, 7) is 3.61. The van der Waals surface area contributed by atoms with Crippen LogP contribution in [0.1, 0.15) is 18.1 Å². The SMILES string of the molecule is CCNCc1ccc(Oc2ccc(CCO)cc2)c(F)c1. The van der Waals surface area contributed by atoms with Gasteiger partial charge >= 0.3 is 0 Å². The minimum absolute atomic E-state index is 0.113. The molecule has 2 aromatic carbocycles. The van der Waals surface area contributed by atoms with Crippen molar-refractivity contribution in [1.82, 2.24) is 5.32 Å². The third-order valence-electron chi connectivity index (χ3n) is 3.13. The van der Waals surface area contributed by atoms with E-state index in [1.165, 1.54) is 6.07 Å². The summed E-state index contributed by atoms with van der Waals surface area (Å²) in [6, 6.07) is 12.3. The van der Waals surface area contributed by atoms with Crippen LogP contribution in [-0.4, -0.2) is 18.3 Å². The fourth-order valence-corrected chi connectivity index (χ4v) is 1.99. The van der Waals surface area contributed by atoms with Crippen molar-refractivity contribution >= 4 is 0 Å². The Hall–Kier alpha value is -1.91. The van der Waals surface area contributed by atoms with Crippen LogP contribution < -0.4 is 10.1 Å².